The molecule has 0 bridgehead atoms. The summed E-state index contributed by atoms with van der Waals surface area (Å²) in [6.07, 6.45) is 0. The fraction of sp³-hybridized carbons (Fsp3) is 0.174. The molecule has 0 aromatic heterocycles. The number of hydrogen-bond acceptors (Lipinski definition) is 3. The summed E-state index contributed by atoms with van der Waals surface area (Å²) in [7, 11) is 1.61. The lowest BCUT2D eigenvalue weighted by Gasteiger charge is -2.46. The van der Waals surface area contributed by atoms with Gasteiger partial charge in [0.1, 0.15) is 0 Å². The Hall–Kier alpha value is -3.65. The lowest BCUT2D eigenvalue weighted by atomic mass is 9.73. The molecule has 1 saturated heterocycles. The predicted molar refractivity (Wildman–Crippen MR) is 109 cm³/mol. The van der Waals surface area contributed by atoms with E-state index in [1.54, 1.807) is 19.2 Å². The van der Waals surface area contributed by atoms with Gasteiger partial charge in [0, 0.05) is 7.05 Å². The number of hydrogen-bond donors (Lipinski definition) is 2. The number of rotatable bonds is 2. The first-order valence-electron chi connectivity index (χ1n) is 9.07. The fourth-order valence-electron chi connectivity index (χ4n) is 3.97. The maximum Gasteiger partial charge on any atom is 0.239 e. The van der Waals surface area contributed by atoms with Crippen molar-refractivity contribution in [1.29, 1.82) is 10.7 Å². The summed E-state index contributed by atoms with van der Waals surface area (Å²) < 4.78 is 0. The SMILES string of the molecule is CN1C(=N)N[C@](C)(c2cccc(C#N)c2)[C@@H](c2ccc3ccccc3c2)C1=O. The Morgan fingerprint density at radius 3 is 2.57 bits per heavy atom. The molecule has 0 unspecified atom stereocenters. The number of nitriles is 1. The summed E-state index contributed by atoms with van der Waals surface area (Å²) in [6.45, 7) is 1.92. The highest BCUT2D eigenvalue weighted by Crippen LogP contribution is 2.41. The molecule has 1 aliphatic rings. The largest absolute Gasteiger partial charge is 0.346 e. The Labute approximate surface area is 163 Å². The molecule has 5 nitrogen and oxygen atoms in total. The number of carbonyl (C=O) groups is 1. The summed E-state index contributed by atoms with van der Waals surface area (Å²) in [5.41, 5.74) is 1.35. The summed E-state index contributed by atoms with van der Waals surface area (Å²) >= 11 is 0. The van der Waals surface area contributed by atoms with Gasteiger partial charge in [-0.15, -0.1) is 0 Å². The quantitative estimate of drug-likeness (QED) is 0.724. The van der Waals surface area contributed by atoms with Gasteiger partial charge in [0.05, 0.1) is 23.1 Å². The van der Waals surface area contributed by atoms with Gasteiger partial charge in [-0.2, -0.15) is 5.26 Å². The molecule has 1 heterocycles. The van der Waals surface area contributed by atoms with Crippen molar-refractivity contribution in [2.75, 3.05) is 7.05 Å². The number of nitrogens with zero attached hydrogens (tertiary/aromatic N) is 2. The monoisotopic (exact) mass is 368 g/mol. The van der Waals surface area contributed by atoms with E-state index in [1.165, 1.54) is 4.90 Å². The molecule has 0 saturated carbocycles. The molecule has 3 aromatic rings. The van der Waals surface area contributed by atoms with Gasteiger partial charge in [0.2, 0.25) is 5.91 Å². The van der Waals surface area contributed by atoms with Gasteiger partial charge < -0.3 is 5.32 Å². The molecule has 28 heavy (non-hydrogen) atoms. The zero-order valence-electron chi connectivity index (χ0n) is 15.7. The minimum Gasteiger partial charge on any atom is -0.346 e. The van der Waals surface area contributed by atoms with Crippen LogP contribution in [0.2, 0.25) is 0 Å². The highest BCUT2D eigenvalue weighted by Gasteiger charge is 2.48. The minimum absolute atomic E-state index is 0.0481. The number of nitrogens with one attached hydrogen (secondary N) is 2. The van der Waals surface area contributed by atoms with Crippen LogP contribution in [0.4, 0.5) is 0 Å². The predicted octanol–water partition coefficient (Wildman–Crippen LogP) is 3.71. The van der Waals surface area contributed by atoms with E-state index in [0.29, 0.717) is 5.56 Å². The van der Waals surface area contributed by atoms with Crippen molar-refractivity contribution in [2.45, 2.75) is 18.4 Å². The van der Waals surface area contributed by atoms with Crippen LogP contribution < -0.4 is 5.32 Å². The second kappa shape index (κ2) is 6.50. The number of benzene rings is 3. The van der Waals surface area contributed by atoms with Crippen LogP contribution >= 0.6 is 0 Å². The zero-order valence-corrected chi connectivity index (χ0v) is 15.7. The molecule has 5 heteroatoms. The van der Waals surface area contributed by atoms with E-state index >= 15 is 0 Å². The number of amides is 1. The first-order chi connectivity index (χ1) is 13.4. The molecule has 1 fully saturated rings. The summed E-state index contributed by atoms with van der Waals surface area (Å²) in [5, 5.41) is 22.9. The lowest BCUT2D eigenvalue weighted by Crippen LogP contribution is -2.62. The van der Waals surface area contributed by atoms with Crippen LogP contribution in [0.5, 0.6) is 0 Å². The first-order valence-corrected chi connectivity index (χ1v) is 9.07. The third kappa shape index (κ3) is 2.71. The highest BCUT2D eigenvalue weighted by atomic mass is 16.2. The molecule has 1 aliphatic heterocycles. The molecule has 2 atom stereocenters. The van der Waals surface area contributed by atoms with Crippen LogP contribution in [0.25, 0.3) is 10.8 Å². The molecule has 138 valence electrons. The van der Waals surface area contributed by atoms with E-state index in [0.717, 1.165) is 21.9 Å². The summed E-state index contributed by atoms with van der Waals surface area (Å²) in [6, 6.07) is 23.4. The topological polar surface area (TPSA) is 80.0 Å². The minimum atomic E-state index is -0.851. The third-order valence-corrected chi connectivity index (χ3v) is 5.57. The van der Waals surface area contributed by atoms with E-state index in [2.05, 4.69) is 11.4 Å². The summed E-state index contributed by atoms with van der Waals surface area (Å²) in [5.74, 6) is -0.638. The molecule has 1 amide bonds. The number of likely N-dealkylation sites (N-methyl/N-ethyl adjacent to an activating group) is 1. The molecular formula is C23H20N4O. The molecule has 0 aliphatic carbocycles. The maximum atomic E-state index is 13.3. The number of carbonyl (C=O) groups excluding carboxylic acids is 1. The van der Waals surface area contributed by atoms with Gasteiger partial charge in [0.15, 0.2) is 5.96 Å². The second-order valence-corrected chi connectivity index (χ2v) is 7.31. The van der Waals surface area contributed by atoms with E-state index < -0.39 is 11.5 Å². The van der Waals surface area contributed by atoms with Crippen molar-refractivity contribution in [3.63, 3.8) is 0 Å². The molecule has 3 aromatic carbocycles. The van der Waals surface area contributed by atoms with Crippen molar-refractivity contribution in [3.8, 4) is 6.07 Å². The van der Waals surface area contributed by atoms with Gasteiger partial charge in [-0.3, -0.25) is 15.1 Å². The van der Waals surface area contributed by atoms with Crippen molar-refractivity contribution in [1.82, 2.24) is 10.2 Å². The normalized spacial score (nSPS) is 22.0. The molecule has 2 N–H and O–H groups in total. The van der Waals surface area contributed by atoms with E-state index in [9.17, 15) is 10.1 Å². The van der Waals surface area contributed by atoms with Gasteiger partial charge in [0.25, 0.3) is 0 Å². The Bertz CT molecular complexity index is 1150. The average molecular weight is 368 g/mol. The van der Waals surface area contributed by atoms with Crippen LogP contribution in [-0.2, 0) is 10.3 Å². The first kappa shape index (κ1) is 17.7. The summed E-state index contributed by atoms with van der Waals surface area (Å²) in [4.78, 5) is 14.6. The lowest BCUT2D eigenvalue weighted by molar-refractivity contribution is -0.131. The van der Waals surface area contributed by atoms with Gasteiger partial charge in [-0.25, -0.2) is 0 Å². The Kier molecular flexibility index (Phi) is 4.12. The van der Waals surface area contributed by atoms with Gasteiger partial charge in [-0.1, -0.05) is 54.6 Å². The van der Waals surface area contributed by atoms with Crippen LogP contribution in [-0.4, -0.2) is 23.8 Å². The van der Waals surface area contributed by atoms with Crippen LogP contribution in [0.15, 0.2) is 66.7 Å². The molecule has 4 rings (SSSR count). The van der Waals surface area contributed by atoms with Crippen LogP contribution in [0.1, 0.15) is 29.5 Å². The smallest absolute Gasteiger partial charge is 0.239 e. The van der Waals surface area contributed by atoms with E-state index in [4.69, 9.17) is 5.41 Å². The molecule has 0 spiro atoms. The second-order valence-electron chi connectivity index (χ2n) is 7.31. The van der Waals surface area contributed by atoms with Crippen LogP contribution in [0, 0.1) is 16.7 Å². The van der Waals surface area contributed by atoms with Crippen molar-refractivity contribution in [2.24, 2.45) is 0 Å². The van der Waals surface area contributed by atoms with Crippen molar-refractivity contribution >= 4 is 22.6 Å². The Balaban J connectivity index is 1.92. The maximum absolute atomic E-state index is 13.3. The average Bonchev–Trinajstić information content (AvgIpc) is 2.72. The van der Waals surface area contributed by atoms with E-state index in [1.807, 2.05) is 61.5 Å². The molecule has 0 radical (unpaired) electrons. The molecular weight excluding hydrogens is 348 g/mol. The Morgan fingerprint density at radius 1 is 1.07 bits per heavy atom. The van der Waals surface area contributed by atoms with Crippen molar-refractivity contribution < 1.29 is 4.79 Å². The van der Waals surface area contributed by atoms with Crippen LogP contribution in [0.3, 0.4) is 0 Å². The Morgan fingerprint density at radius 2 is 1.82 bits per heavy atom. The highest BCUT2D eigenvalue weighted by molar-refractivity contribution is 6.03. The van der Waals surface area contributed by atoms with Gasteiger partial charge >= 0.3 is 0 Å². The van der Waals surface area contributed by atoms with Crippen molar-refractivity contribution in [3.05, 3.63) is 83.4 Å². The van der Waals surface area contributed by atoms with E-state index in [-0.39, 0.29) is 11.9 Å². The van der Waals surface area contributed by atoms with Gasteiger partial charge in [-0.05, 0) is 41.0 Å². The zero-order chi connectivity index (χ0) is 19.9. The number of guanidine groups is 1. The standard InChI is InChI=1S/C23H20N4O/c1-23(19-9-5-6-15(12-19)14-24)20(21(28)27(2)22(25)26-23)18-11-10-16-7-3-4-8-17(16)13-18/h3-13,20H,1-2H3,(H2,25,26)/t20-,23+/m0/s1. The fourth-order valence-corrected chi connectivity index (χ4v) is 3.97. The third-order valence-electron chi connectivity index (χ3n) is 5.57. The number of fused-ring (bicyclic) bond motifs is 1.